The molecule has 3 nitrogen and oxygen atoms in total. The molecule has 0 aliphatic heterocycles. The molecule has 0 fully saturated rings. The highest BCUT2D eigenvalue weighted by Gasteiger charge is 2.11. The number of carbonyl (C=O) groups is 1. The number of aromatic nitrogens is 1. The molecular weight excluding hydrogens is 310 g/mol. The summed E-state index contributed by atoms with van der Waals surface area (Å²) in [4.78, 5) is 17.1. The van der Waals surface area contributed by atoms with E-state index in [-0.39, 0.29) is 6.42 Å². The molecule has 0 aliphatic rings. The summed E-state index contributed by atoms with van der Waals surface area (Å²) in [6, 6.07) is 3.88. The lowest BCUT2D eigenvalue weighted by Gasteiger charge is -1.93. The number of nitrogens with zero attached hydrogens (tertiary/aromatic N) is 1. The molecule has 0 amide bonds. The van der Waals surface area contributed by atoms with Crippen LogP contribution in [0.1, 0.15) is 15.4 Å². The molecule has 2 aromatic rings. The lowest BCUT2D eigenvalue weighted by molar-refractivity contribution is -0.136. The quantitative estimate of drug-likeness (QED) is 0.843. The number of thiazole rings is 1. The number of thiophene rings is 1. The van der Waals surface area contributed by atoms with Crippen molar-refractivity contribution < 1.29 is 9.90 Å². The Labute approximate surface area is 122 Å². The van der Waals surface area contributed by atoms with Crippen molar-refractivity contribution >= 4 is 52.0 Å². The minimum Gasteiger partial charge on any atom is -0.481 e. The number of halogens is 1. The third kappa shape index (κ3) is 3.71. The van der Waals surface area contributed by atoms with E-state index < -0.39 is 5.97 Å². The van der Waals surface area contributed by atoms with Gasteiger partial charge in [0.05, 0.1) is 16.5 Å². The average molecular weight is 320 g/mol. The normalized spacial score (nSPS) is 10.8. The first-order chi connectivity index (χ1) is 8.54. The third-order valence-corrected chi connectivity index (χ3v) is 5.91. The van der Waals surface area contributed by atoms with Crippen LogP contribution in [0.3, 0.4) is 0 Å². The van der Waals surface area contributed by atoms with Crippen molar-refractivity contribution in [1.82, 2.24) is 4.98 Å². The van der Waals surface area contributed by atoms with Crippen LogP contribution in [0, 0.1) is 6.92 Å². The zero-order chi connectivity index (χ0) is 13.1. The standard InChI is InChI=1S/C11H10ClNO2S3/c1-6-8(4-10(14)15)18-11(13-6)16-5-7-2-3-9(12)17-7/h2-3H,4-5H2,1H3,(H,14,15). The number of aryl methyl sites for hydroxylation is 1. The van der Waals surface area contributed by atoms with Gasteiger partial charge in [-0.3, -0.25) is 4.79 Å². The second-order valence-electron chi connectivity index (χ2n) is 3.55. The van der Waals surface area contributed by atoms with Crippen LogP contribution < -0.4 is 0 Å². The number of rotatable bonds is 5. The van der Waals surface area contributed by atoms with Gasteiger partial charge in [0.1, 0.15) is 0 Å². The molecule has 1 N–H and O–H groups in total. The largest absolute Gasteiger partial charge is 0.481 e. The SMILES string of the molecule is Cc1nc(SCc2ccc(Cl)s2)sc1CC(=O)O. The first-order valence-electron chi connectivity index (χ1n) is 5.09. The molecule has 0 aromatic carbocycles. The van der Waals surface area contributed by atoms with Crippen molar-refractivity contribution in [2.45, 2.75) is 23.4 Å². The van der Waals surface area contributed by atoms with Crippen LogP contribution in [0.4, 0.5) is 0 Å². The van der Waals surface area contributed by atoms with Crippen molar-refractivity contribution in [2.75, 3.05) is 0 Å². The predicted octanol–water partition coefficient (Wildman–Crippen LogP) is 4.09. The van der Waals surface area contributed by atoms with Gasteiger partial charge in [0.25, 0.3) is 0 Å². The number of carboxylic acids is 1. The molecule has 96 valence electrons. The zero-order valence-electron chi connectivity index (χ0n) is 9.47. The molecule has 2 rings (SSSR count). The van der Waals surface area contributed by atoms with Crippen molar-refractivity contribution in [1.29, 1.82) is 0 Å². The van der Waals surface area contributed by atoms with Gasteiger partial charge < -0.3 is 5.11 Å². The van der Waals surface area contributed by atoms with Gasteiger partial charge in [-0.15, -0.1) is 22.7 Å². The Morgan fingerprint density at radius 3 is 2.89 bits per heavy atom. The number of carboxylic acid groups (broad SMARTS) is 1. The second kappa shape index (κ2) is 6.06. The molecule has 18 heavy (non-hydrogen) atoms. The van der Waals surface area contributed by atoms with Gasteiger partial charge in [-0.2, -0.15) is 0 Å². The van der Waals surface area contributed by atoms with Crippen LogP contribution in [0.15, 0.2) is 16.5 Å². The molecule has 0 saturated heterocycles. The molecule has 2 aromatic heterocycles. The van der Waals surface area contributed by atoms with Gasteiger partial charge in [-0.05, 0) is 19.1 Å². The van der Waals surface area contributed by atoms with E-state index in [2.05, 4.69) is 4.98 Å². The van der Waals surface area contributed by atoms with Crippen LogP contribution in [0.2, 0.25) is 4.34 Å². The Bertz CT molecular complexity index is 564. The molecule has 0 radical (unpaired) electrons. The fourth-order valence-electron chi connectivity index (χ4n) is 1.33. The van der Waals surface area contributed by atoms with E-state index in [9.17, 15) is 4.79 Å². The van der Waals surface area contributed by atoms with Gasteiger partial charge in [0.2, 0.25) is 0 Å². The van der Waals surface area contributed by atoms with E-state index in [0.717, 1.165) is 25.0 Å². The van der Waals surface area contributed by atoms with E-state index in [1.165, 1.54) is 16.2 Å². The summed E-state index contributed by atoms with van der Waals surface area (Å²) in [6.07, 6.45) is 0.0505. The van der Waals surface area contributed by atoms with Crippen LogP contribution in [-0.4, -0.2) is 16.1 Å². The molecule has 0 saturated carbocycles. The molecule has 0 bridgehead atoms. The van der Waals surface area contributed by atoms with Gasteiger partial charge in [0, 0.05) is 15.5 Å². The Kier molecular flexibility index (Phi) is 4.66. The van der Waals surface area contributed by atoms with E-state index in [0.29, 0.717) is 0 Å². The highest BCUT2D eigenvalue weighted by molar-refractivity contribution is 8.00. The van der Waals surface area contributed by atoms with E-state index in [1.807, 2.05) is 19.1 Å². The van der Waals surface area contributed by atoms with Gasteiger partial charge in [0.15, 0.2) is 4.34 Å². The highest BCUT2D eigenvalue weighted by atomic mass is 35.5. The monoisotopic (exact) mass is 319 g/mol. The van der Waals surface area contributed by atoms with Crippen LogP contribution in [0.5, 0.6) is 0 Å². The maximum Gasteiger partial charge on any atom is 0.308 e. The molecule has 0 spiro atoms. The average Bonchev–Trinajstić information content (AvgIpc) is 2.83. The predicted molar refractivity (Wildman–Crippen MR) is 77.1 cm³/mol. The summed E-state index contributed by atoms with van der Waals surface area (Å²) < 4.78 is 1.70. The third-order valence-electron chi connectivity index (χ3n) is 2.15. The smallest absolute Gasteiger partial charge is 0.308 e. The Hall–Kier alpha value is -0.560. The lowest BCUT2D eigenvalue weighted by Crippen LogP contribution is -1.99. The Morgan fingerprint density at radius 1 is 1.50 bits per heavy atom. The Morgan fingerprint density at radius 2 is 2.28 bits per heavy atom. The van der Waals surface area contributed by atoms with Gasteiger partial charge in [-0.25, -0.2) is 4.98 Å². The summed E-state index contributed by atoms with van der Waals surface area (Å²) in [6.45, 7) is 1.85. The summed E-state index contributed by atoms with van der Waals surface area (Å²) >= 11 is 10.5. The van der Waals surface area contributed by atoms with Crippen LogP contribution in [0.25, 0.3) is 0 Å². The highest BCUT2D eigenvalue weighted by Crippen LogP contribution is 2.32. The van der Waals surface area contributed by atoms with E-state index in [1.54, 1.807) is 23.1 Å². The molecular formula is C11H10ClNO2S3. The first kappa shape index (κ1) is 13.9. The summed E-state index contributed by atoms with van der Waals surface area (Å²) in [5.41, 5.74) is 0.814. The number of hydrogen-bond acceptors (Lipinski definition) is 5. The minimum atomic E-state index is -0.816. The maximum atomic E-state index is 10.7. The zero-order valence-corrected chi connectivity index (χ0v) is 12.7. The minimum absolute atomic E-state index is 0.0505. The molecule has 0 atom stereocenters. The fourth-order valence-corrected chi connectivity index (χ4v) is 4.68. The lowest BCUT2D eigenvalue weighted by atomic mass is 10.3. The summed E-state index contributed by atoms with van der Waals surface area (Å²) in [5, 5.41) is 8.77. The van der Waals surface area contributed by atoms with Crippen LogP contribution in [-0.2, 0) is 17.0 Å². The molecule has 0 unspecified atom stereocenters. The number of aliphatic carboxylic acids is 1. The van der Waals surface area contributed by atoms with Crippen molar-refractivity contribution in [3.05, 3.63) is 31.9 Å². The first-order valence-corrected chi connectivity index (χ1v) is 8.09. The molecule has 7 heteroatoms. The number of hydrogen-bond donors (Lipinski definition) is 1. The van der Waals surface area contributed by atoms with Gasteiger partial charge in [-0.1, -0.05) is 23.4 Å². The summed E-state index contributed by atoms with van der Waals surface area (Å²) in [5.74, 6) is -0.0000323. The van der Waals surface area contributed by atoms with E-state index in [4.69, 9.17) is 16.7 Å². The van der Waals surface area contributed by atoms with Crippen molar-refractivity contribution in [2.24, 2.45) is 0 Å². The molecule has 2 heterocycles. The number of thioether (sulfide) groups is 1. The van der Waals surface area contributed by atoms with Crippen molar-refractivity contribution in [3.8, 4) is 0 Å². The van der Waals surface area contributed by atoms with Crippen molar-refractivity contribution in [3.63, 3.8) is 0 Å². The summed E-state index contributed by atoms with van der Waals surface area (Å²) in [7, 11) is 0. The van der Waals surface area contributed by atoms with E-state index >= 15 is 0 Å². The Balaban J connectivity index is 1.99. The van der Waals surface area contributed by atoms with Crippen LogP contribution >= 0.6 is 46.0 Å². The topological polar surface area (TPSA) is 50.2 Å². The van der Waals surface area contributed by atoms with Gasteiger partial charge >= 0.3 is 5.97 Å². The fraction of sp³-hybridized carbons (Fsp3) is 0.273. The second-order valence-corrected chi connectivity index (χ2v) is 7.66. The molecule has 0 aliphatic carbocycles. The maximum absolute atomic E-state index is 10.7.